The molecule has 0 radical (unpaired) electrons. The van der Waals surface area contributed by atoms with E-state index in [0.717, 1.165) is 11.1 Å². The van der Waals surface area contributed by atoms with Crippen molar-refractivity contribution >= 4 is 21.4 Å². The highest BCUT2D eigenvalue weighted by Crippen LogP contribution is 2.21. The fraction of sp³-hybridized carbons (Fsp3) is 0.100. The van der Waals surface area contributed by atoms with Crippen molar-refractivity contribution in [2.45, 2.75) is 4.90 Å². The monoisotopic (exact) mass is 239 g/mol. The van der Waals surface area contributed by atoms with Crippen molar-refractivity contribution in [2.75, 3.05) is 6.26 Å². The third-order valence-electron chi connectivity index (χ3n) is 2.05. The van der Waals surface area contributed by atoms with Crippen LogP contribution in [0.15, 0.2) is 40.7 Å². The van der Waals surface area contributed by atoms with E-state index in [1.54, 1.807) is 30.5 Å². The minimum Gasteiger partial charge on any atom is -0.224 e. The first-order valence-electron chi connectivity index (χ1n) is 4.27. The van der Waals surface area contributed by atoms with Crippen molar-refractivity contribution in [2.24, 2.45) is 0 Å². The molecule has 15 heavy (non-hydrogen) atoms. The van der Waals surface area contributed by atoms with Crippen molar-refractivity contribution in [1.82, 2.24) is 4.37 Å². The van der Waals surface area contributed by atoms with Crippen molar-refractivity contribution in [3.8, 4) is 11.1 Å². The number of hydrogen-bond donors (Lipinski definition) is 0. The molecular weight excluding hydrogens is 230 g/mol. The minimum absolute atomic E-state index is 0.342. The lowest BCUT2D eigenvalue weighted by Gasteiger charge is -2.00. The Morgan fingerprint density at radius 2 is 1.80 bits per heavy atom. The Hall–Kier alpha value is -1.20. The lowest BCUT2D eigenvalue weighted by Crippen LogP contribution is -1.95. The molecule has 2 aromatic rings. The molecule has 1 heterocycles. The summed E-state index contributed by atoms with van der Waals surface area (Å²) in [5, 5.41) is 1.93. The third-order valence-corrected chi connectivity index (χ3v) is 3.76. The maximum atomic E-state index is 11.2. The Balaban J connectivity index is 2.42. The van der Waals surface area contributed by atoms with Crippen LogP contribution in [0.5, 0.6) is 0 Å². The summed E-state index contributed by atoms with van der Waals surface area (Å²) < 4.78 is 26.4. The Labute approximate surface area is 92.5 Å². The van der Waals surface area contributed by atoms with Crippen molar-refractivity contribution < 1.29 is 8.42 Å². The number of benzene rings is 1. The molecule has 0 fully saturated rings. The highest BCUT2D eigenvalue weighted by Gasteiger charge is 2.06. The molecule has 0 aliphatic heterocycles. The molecule has 0 spiro atoms. The van der Waals surface area contributed by atoms with Crippen LogP contribution in [0.4, 0.5) is 0 Å². The lowest BCUT2D eigenvalue weighted by atomic mass is 10.1. The zero-order valence-electron chi connectivity index (χ0n) is 8.04. The molecule has 3 nitrogen and oxygen atoms in total. The predicted molar refractivity (Wildman–Crippen MR) is 60.7 cm³/mol. The van der Waals surface area contributed by atoms with Crippen LogP contribution >= 0.6 is 11.5 Å². The van der Waals surface area contributed by atoms with E-state index in [1.165, 1.54) is 17.8 Å². The lowest BCUT2D eigenvalue weighted by molar-refractivity contribution is 0.602. The van der Waals surface area contributed by atoms with E-state index in [4.69, 9.17) is 0 Å². The Morgan fingerprint density at radius 3 is 2.27 bits per heavy atom. The van der Waals surface area contributed by atoms with Crippen LogP contribution in [0.3, 0.4) is 0 Å². The molecule has 2 rings (SSSR count). The van der Waals surface area contributed by atoms with Crippen molar-refractivity contribution in [3.05, 3.63) is 35.8 Å². The van der Waals surface area contributed by atoms with Gasteiger partial charge in [-0.25, -0.2) is 12.8 Å². The summed E-state index contributed by atoms with van der Waals surface area (Å²) in [6, 6.07) is 6.81. The van der Waals surface area contributed by atoms with Crippen LogP contribution in [-0.2, 0) is 9.84 Å². The first-order valence-corrected chi connectivity index (χ1v) is 7.00. The van der Waals surface area contributed by atoms with Gasteiger partial charge >= 0.3 is 0 Å². The first kappa shape index (κ1) is 10.3. The smallest absolute Gasteiger partial charge is 0.175 e. The molecule has 0 aliphatic rings. The zero-order valence-corrected chi connectivity index (χ0v) is 9.68. The molecule has 0 atom stereocenters. The predicted octanol–water partition coefficient (Wildman–Crippen LogP) is 2.21. The summed E-state index contributed by atoms with van der Waals surface area (Å²) >= 11 is 1.38. The Morgan fingerprint density at radius 1 is 1.13 bits per heavy atom. The summed E-state index contributed by atoms with van der Waals surface area (Å²) in [4.78, 5) is 0.342. The summed E-state index contributed by atoms with van der Waals surface area (Å²) in [5.74, 6) is 0. The van der Waals surface area contributed by atoms with Gasteiger partial charge in [0.15, 0.2) is 9.84 Å². The van der Waals surface area contributed by atoms with E-state index in [1.807, 2.05) is 5.38 Å². The Bertz CT molecular complexity index is 542. The van der Waals surface area contributed by atoms with E-state index in [0.29, 0.717) is 4.90 Å². The van der Waals surface area contributed by atoms with Crippen LogP contribution in [0.1, 0.15) is 0 Å². The molecule has 0 amide bonds. The van der Waals surface area contributed by atoms with Crippen LogP contribution in [0, 0.1) is 0 Å². The Kier molecular flexibility index (Phi) is 2.58. The standard InChI is InChI=1S/C10H9NO2S2/c1-15(12,13)10-4-2-8(3-5-10)9-6-11-14-7-9/h2-7H,1H3. The van der Waals surface area contributed by atoms with Gasteiger partial charge in [-0.2, -0.15) is 0 Å². The molecule has 0 unspecified atom stereocenters. The summed E-state index contributed by atoms with van der Waals surface area (Å²) in [6.07, 6.45) is 2.97. The average Bonchev–Trinajstić information content (AvgIpc) is 2.69. The van der Waals surface area contributed by atoms with Gasteiger partial charge in [-0.1, -0.05) is 12.1 Å². The number of sulfone groups is 1. The van der Waals surface area contributed by atoms with Gasteiger partial charge < -0.3 is 0 Å². The van der Waals surface area contributed by atoms with Gasteiger partial charge in [0.1, 0.15) is 0 Å². The van der Waals surface area contributed by atoms with Crippen molar-refractivity contribution in [1.29, 1.82) is 0 Å². The number of hydrogen-bond acceptors (Lipinski definition) is 4. The van der Waals surface area contributed by atoms with E-state index < -0.39 is 9.84 Å². The fourth-order valence-electron chi connectivity index (χ4n) is 1.24. The molecule has 0 N–H and O–H groups in total. The van der Waals surface area contributed by atoms with Gasteiger partial charge in [0.05, 0.1) is 4.90 Å². The fourth-order valence-corrected chi connectivity index (χ4v) is 2.42. The van der Waals surface area contributed by atoms with Crippen LogP contribution in [-0.4, -0.2) is 19.0 Å². The second-order valence-corrected chi connectivity index (χ2v) is 5.88. The molecule has 5 heteroatoms. The molecule has 1 aromatic carbocycles. The van der Waals surface area contributed by atoms with E-state index in [2.05, 4.69) is 4.37 Å². The summed E-state index contributed by atoms with van der Waals surface area (Å²) in [6.45, 7) is 0. The van der Waals surface area contributed by atoms with Gasteiger partial charge in [0.25, 0.3) is 0 Å². The van der Waals surface area contributed by atoms with E-state index in [9.17, 15) is 8.42 Å². The number of nitrogens with zero attached hydrogens (tertiary/aromatic N) is 1. The molecule has 0 aliphatic carbocycles. The van der Waals surface area contributed by atoms with Gasteiger partial charge in [-0.05, 0) is 29.2 Å². The van der Waals surface area contributed by atoms with Gasteiger partial charge in [-0.15, -0.1) is 0 Å². The topological polar surface area (TPSA) is 47.0 Å². The van der Waals surface area contributed by atoms with Gasteiger partial charge in [-0.3, -0.25) is 0 Å². The van der Waals surface area contributed by atoms with Gasteiger partial charge in [0.2, 0.25) is 0 Å². The maximum Gasteiger partial charge on any atom is 0.175 e. The van der Waals surface area contributed by atoms with Crippen molar-refractivity contribution in [3.63, 3.8) is 0 Å². The minimum atomic E-state index is -3.10. The first-order chi connectivity index (χ1) is 7.07. The largest absolute Gasteiger partial charge is 0.224 e. The van der Waals surface area contributed by atoms with Crippen LogP contribution in [0.2, 0.25) is 0 Å². The molecule has 1 aromatic heterocycles. The SMILES string of the molecule is CS(=O)(=O)c1ccc(-c2cnsc2)cc1. The van der Waals surface area contributed by atoms with Crippen LogP contribution < -0.4 is 0 Å². The number of rotatable bonds is 2. The second kappa shape index (κ2) is 3.75. The third kappa shape index (κ3) is 2.24. The maximum absolute atomic E-state index is 11.2. The normalized spacial score (nSPS) is 11.5. The summed E-state index contributed by atoms with van der Waals surface area (Å²) in [7, 11) is -3.10. The molecule has 0 saturated heterocycles. The quantitative estimate of drug-likeness (QED) is 0.807. The van der Waals surface area contributed by atoms with Gasteiger partial charge in [0, 0.05) is 23.4 Å². The van der Waals surface area contributed by atoms with E-state index in [-0.39, 0.29) is 0 Å². The second-order valence-electron chi connectivity index (χ2n) is 3.21. The van der Waals surface area contributed by atoms with E-state index >= 15 is 0 Å². The molecular formula is C10H9NO2S2. The highest BCUT2D eigenvalue weighted by atomic mass is 32.2. The van der Waals surface area contributed by atoms with Crippen LogP contribution in [0.25, 0.3) is 11.1 Å². The molecule has 0 saturated carbocycles. The molecule has 0 bridgehead atoms. The number of aromatic nitrogens is 1. The molecule has 78 valence electrons. The summed E-state index contributed by atoms with van der Waals surface area (Å²) in [5.41, 5.74) is 2.00. The highest BCUT2D eigenvalue weighted by molar-refractivity contribution is 7.90. The zero-order chi connectivity index (χ0) is 10.9. The average molecular weight is 239 g/mol.